The summed E-state index contributed by atoms with van der Waals surface area (Å²) in [5.41, 5.74) is 1.34. The van der Waals surface area contributed by atoms with Crippen LogP contribution in [0.25, 0.3) is 0 Å². The van der Waals surface area contributed by atoms with Crippen LogP contribution in [0.15, 0.2) is 48.7 Å². The molecule has 28 heavy (non-hydrogen) atoms. The second-order valence-corrected chi connectivity index (χ2v) is 6.31. The summed E-state index contributed by atoms with van der Waals surface area (Å²) in [4.78, 5) is 12.8. The highest BCUT2D eigenvalue weighted by atomic mass is 35.5. The van der Waals surface area contributed by atoms with Crippen molar-refractivity contribution < 1.29 is 19.0 Å². The monoisotopic (exact) mass is 401 g/mol. The topological polar surface area (TPSA) is 74.6 Å². The van der Waals surface area contributed by atoms with Crippen molar-refractivity contribution in [1.29, 1.82) is 0 Å². The Morgan fingerprint density at radius 1 is 1.07 bits per heavy atom. The molecule has 1 heterocycles. The van der Waals surface area contributed by atoms with Gasteiger partial charge in [0.2, 0.25) is 5.75 Å². The molecule has 0 atom stereocenters. The minimum absolute atomic E-state index is 0.327. The normalized spacial score (nSPS) is 10.4. The molecular weight excluding hydrogens is 382 g/mol. The highest BCUT2D eigenvalue weighted by Crippen LogP contribution is 2.38. The van der Waals surface area contributed by atoms with E-state index < -0.39 is 0 Å². The van der Waals surface area contributed by atoms with Crippen LogP contribution in [-0.4, -0.2) is 37.0 Å². The molecule has 0 aliphatic rings. The standard InChI is InChI=1S/C20H20ClN3O4/c1-26-16-10-14(11-17(27-2)19(16)28-3)20(25)23-18-7-8-22-24(18)12-13-5-4-6-15(21)9-13/h4-11H,12H2,1-3H3,(H,23,25). The van der Waals surface area contributed by atoms with Crippen molar-refractivity contribution in [3.8, 4) is 17.2 Å². The maximum Gasteiger partial charge on any atom is 0.257 e. The van der Waals surface area contributed by atoms with Crippen LogP contribution in [0.5, 0.6) is 17.2 Å². The third kappa shape index (κ3) is 4.20. The lowest BCUT2D eigenvalue weighted by atomic mass is 10.1. The molecule has 0 unspecified atom stereocenters. The van der Waals surface area contributed by atoms with E-state index in [9.17, 15) is 4.79 Å². The van der Waals surface area contributed by atoms with Crippen LogP contribution in [0.4, 0.5) is 5.82 Å². The first-order valence-corrected chi connectivity index (χ1v) is 8.81. The predicted octanol–water partition coefficient (Wildman–Crippen LogP) is 3.86. The molecule has 0 aliphatic heterocycles. The number of hydrogen-bond acceptors (Lipinski definition) is 5. The van der Waals surface area contributed by atoms with Crippen LogP contribution < -0.4 is 19.5 Å². The highest BCUT2D eigenvalue weighted by molar-refractivity contribution is 6.30. The van der Waals surface area contributed by atoms with Gasteiger partial charge in [-0.15, -0.1) is 0 Å². The molecule has 146 valence electrons. The number of hydrogen-bond donors (Lipinski definition) is 1. The van der Waals surface area contributed by atoms with Crippen molar-refractivity contribution in [2.45, 2.75) is 6.54 Å². The fourth-order valence-corrected chi connectivity index (χ4v) is 2.99. The van der Waals surface area contributed by atoms with Crippen LogP contribution in [-0.2, 0) is 6.54 Å². The van der Waals surface area contributed by atoms with E-state index >= 15 is 0 Å². The second kappa shape index (κ2) is 8.67. The number of carbonyl (C=O) groups is 1. The Morgan fingerprint density at radius 3 is 2.39 bits per heavy atom. The van der Waals surface area contributed by atoms with E-state index in [2.05, 4.69) is 10.4 Å². The van der Waals surface area contributed by atoms with Gasteiger partial charge in [-0.25, -0.2) is 4.68 Å². The number of carbonyl (C=O) groups excluding carboxylic acids is 1. The van der Waals surface area contributed by atoms with Crippen molar-refractivity contribution >= 4 is 23.3 Å². The maximum atomic E-state index is 12.8. The first-order chi connectivity index (χ1) is 13.5. The predicted molar refractivity (Wildman–Crippen MR) is 107 cm³/mol. The van der Waals surface area contributed by atoms with E-state index in [1.165, 1.54) is 21.3 Å². The zero-order chi connectivity index (χ0) is 20.1. The summed E-state index contributed by atoms with van der Waals surface area (Å²) in [7, 11) is 4.51. The number of halogens is 1. The fourth-order valence-electron chi connectivity index (χ4n) is 2.77. The van der Waals surface area contributed by atoms with Crippen LogP contribution in [0.2, 0.25) is 5.02 Å². The van der Waals surface area contributed by atoms with Crippen molar-refractivity contribution in [2.75, 3.05) is 26.6 Å². The van der Waals surface area contributed by atoms with Gasteiger partial charge in [-0.1, -0.05) is 23.7 Å². The van der Waals surface area contributed by atoms with Crippen molar-refractivity contribution in [2.24, 2.45) is 0 Å². The lowest BCUT2D eigenvalue weighted by Gasteiger charge is -2.14. The molecule has 0 aliphatic carbocycles. The number of rotatable bonds is 7. The van der Waals surface area contributed by atoms with E-state index in [4.69, 9.17) is 25.8 Å². The van der Waals surface area contributed by atoms with Gasteiger partial charge in [0.05, 0.1) is 34.1 Å². The van der Waals surface area contributed by atoms with E-state index in [0.717, 1.165) is 5.56 Å². The van der Waals surface area contributed by atoms with E-state index in [0.29, 0.717) is 40.2 Å². The van der Waals surface area contributed by atoms with Gasteiger partial charge < -0.3 is 19.5 Å². The minimum atomic E-state index is -0.327. The molecule has 1 amide bonds. The number of aromatic nitrogens is 2. The Morgan fingerprint density at radius 2 is 1.79 bits per heavy atom. The molecule has 7 nitrogen and oxygen atoms in total. The van der Waals surface area contributed by atoms with Gasteiger partial charge in [0.25, 0.3) is 5.91 Å². The van der Waals surface area contributed by atoms with Gasteiger partial charge in [0, 0.05) is 16.7 Å². The Bertz CT molecular complexity index is 962. The van der Waals surface area contributed by atoms with Crippen molar-refractivity contribution in [3.63, 3.8) is 0 Å². The van der Waals surface area contributed by atoms with Gasteiger partial charge in [-0.05, 0) is 29.8 Å². The summed E-state index contributed by atoms with van der Waals surface area (Å²) in [5.74, 6) is 1.46. The first kappa shape index (κ1) is 19.6. The summed E-state index contributed by atoms with van der Waals surface area (Å²) in [5, 5.41) is 7.78. The summed E-state index contributed by atoms with van der Waals surface area (Å²) < 4.78 is 17.6. The van der Waals surface area contributed by atoms with Crippen LogP contribution >= 0.6 is 11.6 Å². The molecule has 0 radical (unpaired) electrons. The van der Waals surface area contributed by atoms with Gasteiger partial charge in [0.15, 0.2) is 11.5 Å². The number of anilines is 1. The Balaban J connectivity index is 1.83. The van der Waals surface area contributed by atoms with Crippen molar-refractivity contribution in [3.05, 3.63) is 64.8 Å². The molecule has 1 N–H and O–H groups in total. The number of amides is 1. The quantitative estimate of drug-likeness (QED) is 0.650. The summed E-state index contributed by atoms with van der Waals surface area (Å²) in [6.07, 6.45) is 1.62. The summed E-state index contributed by atoms with van der Waals surface area (Å²) in [6, 6.07) is 12.4. The zero-order valence-electron chi connectivity index (χ0n) is 15.7. The third-order valence-corrected chi connectivity index (χ3v) is 4.34. The highest BCUT2D eigenvalue weighted by Gasteiger charge is 2.18. The van der Waals surface area contributed by atoms with Crippen LogP contribution in [0.1, 0.15) is 15.9 Å². The van der Waals surface area contributed by atoms with E-state index in [-0.39, 0.29) is 5.91 Å². The lowest BCUT2D eigenvalue weighted by Crippen LogP contribution is -2.16. The number of nitrogens with zero attached hydrogens (tertiary/aromatic N) is 2. The average Bonchev–Trinajstić information content (AvgIpc) is 3.13. The summed E-state index contributed by atoms with van der Waals surface area (Å²) >= 11 is 6.04. The zero-order valence-corrected chi connectivity index (χ0v) is 16.5. The van der Waals surface area contributed by atoms with Crippen molar-refractivity contribution in [1.82, 2.24) is 9.78 Å². The maximum absolute atomic E-state index is 12.8. The number of methoxy groups -OCH3 is 3. The molecular formula is C20H20ClN3O4. The molecule has 8 heteroatoms. The van der Waals surface area contributed by atoms with Crippen LogP contribution in [0.3, 0.4) is 0 Å². The molecule has 2 aromatic carbocycles. The molecule has 0 bridgehead atoms. The smallest absolute Gasteiger partial charge is 0.257 e. The Kier molecular flexibility index (Phi) is 6.06. The Labute approximate surface area is 167 Å². The fraction of sp³-hybridized carbons (Fsp3) is 0.200. The third-order valence-electron chi connectivity index (χ3n) is 4.11. The molecule has 0 saturated carbocycles. The second-order valence-electron chi connectivity index (χ2n) is 5.87. The SMILES string of the molecule is COc1cc(C(=O)Nc2ccnn2Cc2cccc(Cl)c2)cc(OC)c1OC. The molecule has 0 fully saturated rings. The van der Waals surface area contributed by atoms with Gasteiger partial charge in [-0.3, -0.25) is 4.79 Å². The van der Waals surface area contributed by atoms with Gasteiger partial charge >= 0.3 is 0 Å². The molecule has 0 saturated heterocycles. The number of benzene rings is 2. The molecule has 3 aromatic rings. The number of ether oxygens (including phenoxy) is 3. The Hall–Kier alpha value is -3.19. The summed E-state index contributed by atoms with van der Waals surface area (Å²) in [6.45, 7) is 0.471. The van der Waals surface area contributed by atoms with Gasteiger partial charge in [-0.2, -0.15) is 5.10 Å². The number of nitrogens with one attached hydrogen (secondary N) is 1. The van der Waals surface area contributed by atoms with Crippen LogP contribution in [0, 0.1) is 0 Å². The van der Waals surface area contributed by atoms with E-state index in [1.54, 1.807) is 35.1 Å². The first-order valence-electron chi connectivity index (χ1n) is 8.43. The van der Waals surface area contributed by atoms with E-state index in [1.807, 2.05) is 18.2 Å². The lowest BCUT2D eigenvalue weighted by molar-refractivity contribution is 0.102. The average molecular weight is 402 g/mol. The van der Waals surface area contributed by atoms with Gasteiger partial charge in [0.1, 0.15) is 5.82 Å². The minimum Gasteiger partial charge on any atom is -0.493 e. The molecule has 1 aromatic heterocycles. The largest absolute Gasteiger partial charge is 0.493 e. The molecule has 3 rings (SSSR count). The molecule has 0 spiro atoms.